The van der Waals surface area contributed by atoms with Crippen LogP contribution < -0.4 is 5.32 Å². The lowest BCUT2D eigenvalue weighted by molar-refractivity contribution is 0.105. The van der Waals surface area contributed by atoms with Crippen LogP contribution in [0.4, 0.5) is 5.69 Å². The maximum atomic E-state index is 9.31. The van der Waals surface area contributed by atoms with Gasteiger partial charge in [-0.25, -0.2) is 4.68 Å². The Hall–Kier alpha value is -1.99. The van der Waals surface area contributed by atoms with E-state index in [1.54, 1.807) is 4.68 Å². The highest BCUT2D eigenvalue weighted by molar-refractivity contribution is 5.56. The number of nitrogens with one attached hydrogen (secondary N) is 1. The molecule has 0 spiro atoms. The van der Waals surface area contributed by atoms with Crippen molar-refractivity contribution in [2.75, 3.05) is 18.5 Å². The van der Waals surface area contributed by atoms with Crippen LogP contribution in [0.25, 0.3) is 5.69 Å². The van der Waals surface area contributed by atoms with Crippen molar-refractivity contribution < 1.29 is 10.2 Å². The quantitative estimate of drug-likeness (QED) is 0.675. The minimum atomic E-state index is -0.777. The second kappa shape index (κ2) is 5.56. The Kier molecular flexibility index (Phi) is 3.85. The average molecular weight is 249 g/mol. The molecule has 0 saturated carbocycles. The Labute approximate surface area is 104 Å². The fourth-order valence-electron chi connectivity index (χ4n) is 1.51. The number of tetrazole rings is 1. The number of aliphatic hydroxyl groups is 2. The number of hydrogen-bond donors (Lipinski definition) is 3. The van der Waals surface area contributed by atoms with Gasteiger partial charge in [0.05, 0.1) is 18.4 Å². The van der Waals surface area contributed by atoms with E-state index in [0.29, 0.717) is 0 Å². The summed E-state index contributed by atoms with van der Waals surface area (Å²) in [7, 11) is 0. The third kappa shape index (κ3) is 2.82. The monoisotopic (exact) mass is 249 g/mol. The minimum absolute atomic E-state index is 0.265. The van der Waals surface area contributed by atoms with Crippen LogP contribution in [-0.4, -0.2) is 49.7 Å². The number of aryl methyl sites for hydroxylation is 1. The number of nitrogens with zero attached hydrogens (tertiary/aromatic N) is 4. The summed E-state index contributed by atoms with van der Waals surface area (Å²) < 4.78 is 1.55. The molecule has 1 aromatic heterocycles. The highest BCUT2D eigenvalue weighted by Gasteiger charge is 2.05. The summed E-state index contributed by atoms with van der Waals surface area (Å²) in [5.41, 5.74) is 2.74. The standard InChI is InChI=1S/C11H15N5O2/c1-8-2-3-9(16-7-13-14-15-16)4-11(8)12-5-10(18)6-17/h2-4,7,10,12,17-18H,5-6H2,1H3. The molecule has 3 N–H and O–H groups in total. The predicted octanol–water partition coefficient (Wildman–Crippen LogP) is -0.264. The maximum Gasteiger partial charge on any atom is 0.143 e. The Balaban J connectivity index is 2.17. The van der Waals surface area contributed by atoms with Gasteiger partial charge in [0.15, 0.2) is 0 Å². The highest BCUT2D eigenvalue weighted by Crippen LogP contribution is 2.18. The zero-order valence-corrected chi connectivity index (χ0v) is 9.98. The van der Waals surface area contributed by atoms with E-state index in [9.17, 15) is 5.11 Å². The van der Waals surface area contributed by atoms with Crippen molar-refractivity contribution in [2.45, 2.75) is 13.0 Å². The molecule has 96 valence electrons. The van der Waals surface area contributed by atoms with Crippen LogP contribution in [0.1, 0.15) is 5.56 Å². The number of aliphatic hydroxyl groups excluding tert-OH is 2. The average Bonchev–Trinajstić information content (AvgIpc) is 2.91. The summed E-state index contributed by atoms with van der Waals surface area (Å²) in [4.78, 5) is 0. The van der Waals surface area contributed by atoms with E-state index in [1.807, 2.05) is 25.1 Å². The van der Waals surface area contributed by atoms with E-state index >= 15 is 0 Å². The molecule has 0 radical (unpaired) electrons. The van der Waals surface area contributed by atoms with E-state index in [4.69, 9.17) is 5.11 Å². The van der Waals surface area contributed by atoms with Crippen LogP contribution in [0.5, 0.6) is 0 Å². The third-order valence-corrected chi connectivity index (χ3v) is 2.57. The van der Waals surface area contributed by atoms with Gasteiger partial charge in [-0.2, -0.15) is 0 Å². The highest BCUT2D eigenvalue weighted by atomic mass is 16.3. The van der Waals surface area contributed by atoms with Crippen molar-refractivity contribution in [3.63, 3.8) is 0 Å². The van der Waals surface area contributed by atoms with Crippen LogP contribution in [0.2, 0.25) is 0 Å². The van der Waals surface area contributed by atoms with Crippen LogP contribution in [0.15, 0.2) is 24.5 Å². The SMILES string of the molecule is Cc1ccc(-n2cnnn2)cc1NCC(O)CO. The fourth-order valence-corrected chi connectivity index (χ4v) is 1.51. The molecule has 0 aliphatic heterocycles. The lowest BCUT2D eigenvalue weighted by atomic mass is 10.1. The van der Waals surface area contributed by atoms with E-state index in [-0.39, 0.29) is 13.2 Å². The van der Waals surface area contributed by atoms with E-state index < -0.39 is 6.10 Å². The van der Waals surface area contributed by atoms with Gasteiger partial charge < -0.3 is 15.5 Å². The molecule has 7 heteroatoms. The van der Waals surface area contributed by atoms with Gasteiger partial charge in [0, 0.05) is 12.2 Å². The molecular weight excluding hydrogens is 234 g/mol. The van der Waals surface area contributed by atoms with Crippen LogP contribution >= 0.6 is 0 Å². The number of anilines is 1. The Morgan fingerprint density at radius 1 is 1.44 bits per heavy atom. The predicted molar refractivity (Wildman–Crippen MR) is 65.5 cm³/mol. The summed E-state index contributed by atoms with van der Waals surface area (Å²) in [6.45, 7) is 1.98. The van der Waals surface area contributed by atoms with Gasteiger partial charge in [-0.1, -0.05) is 6.07 Å². The van der Waals surface area contributed by atoms with Crippen molar-refractivity contribution in [1.29, 1.82) is 0 Å². The van der Waals surface area contributed by atoms with Crippen molar-refractivity contribution in [3.8, 4) is 5.69 Å². The first kappa shape index (κ1) is 12.5. The first-order valence-corrected chi connectivity index (χ1v) is 5.57. The normalized spacial score (nSPS) is 12.4. The molecule has 0 amide bonds. The molecule has 1 atom stereocenters. The van der Waals surface area contributed by atoms with Crippen LogP contribution in [0.3, 0.4) is 0 Å². The molecule has 0 saturated heterocycles. The summed E-state index contributed by atoms with van der Waals surface area (Å²) in [5.74, 6) is 0. The molecule has 18 heavy (non-hydrogen) atoms. The van der Waals surface area contributed by atoms with Crippen LogP contribution in [-0.2, 0) is 0 Å². The molecule has 0 aliphatic rings. The molecule has 2 rings (SSSR count). The van der Waals surface area contributed by atoms with Gasteiger partial charge in [0.2, 0.25) is 0 Å². The maximum absolute atomic E-state index is 9.31. The minimum Gasteiger partial charge on any atom is -0.394 e. The van der Waals surface area contributed by atoms with Gasteiger partial charge in [-0.3, -0.25) is 0 Å². The molecule has 1 aromatic carbocycles. The molecule has 0 bridgehead atoms. The topological polar surface area (TPSA) is 96.1 Å². The Morgan fingerprint density at radius 2 is 2.28 bits per heavy atom. The third-order valence-electron chi connectivity index (χ3n) is 2.57. The van der Waals surface area contributed by atoms with E-state index in [0.717, 1.165) is 16.9 Å². The van der Waals surface area contributed by atoms with E-state index in [1.165, 1.54) is 6.33 Å². The van der Waals surface area contributed by atoms with Gasteiger partial charge in [-0.15, -0.1) is 5.10 Å². The number of hydrogen-bond acceptors (Lipinski definition) is 6. The van der Waals surface area contributed by atoms with Gasteiger partial charge in [-0.05, 0) is 35.0 Å². The second-order valence-electron chi connectivity index (χ2n) is 3.97. The molecule has 2 aromatic rings. The first-order chi connectivity index (χ1) is 8.70. The van der Waals surface area contributed by atoms with Crippen LogP contribution in [0, 0.1) is 6.92 Å². The summed E-state index contributed by atoms with van der Waals surface area (Å²) in [6.07, 6.45) is 0.734. The molecule has 1 heterocycles. The van der Waals surface area contributed by atoms with Gasteiger partial charge in [0.1, 0.15) is 6.33 Å². The summed E-state index contributed by atoms with van der Waals surface area (Å²) in [5, 5.41) is 32.1. The Bertz CT molecular complexity index is 500. The van der Waals surface area contributed by atoms with Gasteiger partial charge >= 0.3 is 0 Å². The summed E-state index contributed by atoms with van der Waals surface area (Å²) in [6, 6.07) is 5.72. The fraction of sp³-hybridized carbons (Fsp3) is 0.364. The smallest absolute Gasteiger partial charge is 0.143 e. The Morgan fingerprint density at radius 3 is 2.94 bits per heavy atom. The molecule has 0 aliphatic carbocycles. The summed E-state index contributed by atoms with van der Waals surface area (Å²) >= 11 is 0. The molecule has 0 fully saturated rings. The van der Waals surface area contributed by atoms with Crippen molar-refractivity contribution >= 4 is 5.69 Å². The van der Waals surface area contributed by atoms with Gasteiger partial charge in [0.25, 0.3) is 0 Å². The second-order valence-corrected chi connectivity index (χ2v) is 3.97. The lowest BCUT2D eigenvalue weighted by Gasteiger charge is -2.13. The molecule has 1 unspecified atom stereocenters. The molecular formula is C11H15N5O2. The van der Waals surface area contributed by atoms with E-state index in [2.05, 4.69) is 20.8 Å². The van der Waals surface area contributed by atoms with Crippen molar-refractivity contribution in [1.82, 2.24) is 20.2 Å². The lowest BCUT2D eigenvalue weighted by Crippen LogP contribution is -2.23. The van der Waals surface area contributed by atoms with Crippen molar-refractivity contribution in [3.05, 3.63) is 30.1 Å². The number of aromatic nitrogens is 4. The zero-order valence-electron chi connectivity index (χ0n) is 9.98. The largest absolute Gasteiger partial charge is 0.394 e. The first-order valence-electron chi connectivity index (χ1n) is 5.57. The number of benzene rings is 1. The number of rotatable bonds is 5. The molecule has 7 nitrogen and oxygen atoms in total. The van der Waals surface area contributed by atoms with Crippen molar-refractivity contribution in [2.24, 2.45) is 0 Å². The zero-order chi connectivity index (χ0) is 13.0.